The molecule has 3 aromatic carbocycles. The molecule has 0 unspecified atom stereocenters. The van der Waals surface area contributed by atoms with Gasteiger partial charge in [0.15, 0.2) is 5.69 Å². The molecule has 0 saturated carbocycles. The van der Waals surface area contributed by atoms with Crippen molar-refractivity contribution in [2.45, 2.75) is 11.1 Å². The predicted octanol–water partition coefficient (Wildman–Crippen LogP) is 7.05. The molecule has 0 aliphatic rings. The molecule has 4 aromatic rings. The smallest absolute Gasteiger partial charge is 0.305 e. The third-order valence-electron chi connectivity index (χ3n) is 5.16. The van der Waals surface area contributed by atoms with E-state index in [9.17, 15) is 22.4 Å². The molecule has 0 atom stereocenters. The van der Waals surface area contributed by atoms with E-state index in [1.165, 1.54) is 23.9 Å². The fraction of sp³-hybridized carbons (Fsp3) is 0.0800. The van der Waals surface area contributed by atoms with Crippen molar-refractivity contribution in [2.24, 2.45) is 0 Å². The number of rotatable bonds is 4. The van der Waals surface area contributed by atoms with Crippen LogP contribution in [-0.4, -0.2) is 22.1 Å². The van der Waals surface area contributed by atoms with Crippen molar-refractivity contribution in [3.8, 4) is 28.3 Å². The first kappa shape index (κ1) is 24.0. The van der Waals surface area contributed by atoms with Crippen molar-refractivity contribution < 1.29 is 22.4 Å². The van der Waals surface area contributed by atoms with E-state index >= 15 is 0 Å². The minimum atomic E-state index is -4.69. The van der Waals surface area contributed by atoms with E-state index in [1.807, 2.05) is 12.3 Å². The highest BCUT2D eigenvalue weighted by molar-refractivity contribution is 7.98. The SMILES string of the molecule is CSc1ccc(-c2ccc(-c3ccc(C#N)cc3)c(NC(=O)n3ccc(C(F)(F)F)n3)c2)c(F)c1. The molecule has 1 amide bonds. The first-order valence-corrected chi connectivity index (χ1v) is 11.3. The Morgan fingerprint density at radius 1 is 1.00 bits per heavy atom. The van der Waals surface area contributed by atoms with Crippen LogP contribution in [0.4, 0.5) is 28.0 Å². The van der Waals surface area contributed by atoms with Crippen LogP contribution in [0.25, 0.3) is 22.3 Å². The van der Waals surface area contributed by atoms with Crippen LogP contribution >= 0.6 is 11.8 Å². The van der Waals surface area contributed by atoms with Crippen molar-refractivity contribution in [2.75, 3.05) is 11.6 Å². The molecule has 4 rings (SSSR count). The zero-order valence-electron chi connectivity index (χ0n) is 18.1. The van der Waals surface area contributed by atoms with Crippen molar-refractivity contribution in [3.63, 3.8) is 0 Å². The number of hydrogen-bond donors (Lipinski definition) is 1. The van der Waals surface area contributed by atoms with Crippen LogP contribution in [0.2, 0.25) is 0 Å². The number of aromatic nitrogens is 2. The average Bonchev–Trinajstić information content (AvgIpc) is 3.35. The van der Waals surface area contributed by atoms with Gasteiger partial charge in [0, 0.05) is 22.2 Å². The Hall–Kier alpha value is -4.10. The van der Waals surface area contributed by atoms with Crippen LogP contribution in [0.5, 0.6) is 0 Å². The van der Waals surface area contributed by atoms with Gasteiger partial charge in [-0.15, -0.1) is 11.8 Å². The standard InChI is InChI=1S/C25H16F4N4OS/c1-35-18-7-9-19(21(26)13-18)17-6-8-20(16-4-2-15(14-30)3-5-16)22(12-17)31-24(34)33-11-10-23(32-33)25(27,28)29/h2-13H,1H3,(H,31,34). The molecule has 0 radical (unpaired) electrons. The zero-order chi connectivity index (χ0) is 25.2. The maximum Gasteiger partial charge on any atom is 0.435 e. The quantitative estimate of drug-likeness (QED) is 0.243. The van der Waals surface area contributed by atoms with Crippen LogP contribution in [0, 0.1) is 17.1 Å². The Morgan fingerprint density at radius 2 is 1.69 bits per heavy atom. The van der Waals surface area contributed by atoms with Crippen molar-refractivity contribution in [3.05, 3.63) is 90.0 Å². The topological polar surface area (TPSA) is 70.7 Å². The summed E-state index contributed by atoms with van der Waals surface area (Å²) in [5.74, 6) is -0.456. The molecule has 35 heavy (non-hydrogen) atoms. The van der Waals surface area contributed by atoms with Crippen molar-refractivity contribution >= 4 is 23.5 Å². The second kappa shape index (κ2) is 9.64. The first-order valence-electron chi connectivity index (χ1n) is 10.1. The van der Waals surface area contributed by atoms with E-state index in [0.717, 1.165) is 11.1 Å². The fourth-order valence-electron chi connectivity index (χ4n) is 3.41. The highest BCUT2D eigenvalue weighted by atomic mass is 32.2. The van der Waals surface area contributed by atoms with Gasteiger partial charge in [-0.2, -0.15) is 28.2 Å². The number of carbonyl (C=O) groups is 1. The van der Waals surface area contributed by atoms with Gasteiger partial charge in [-0.1, -0.05) is 30.3 Å². The summed E-state index contributed by atoms with van der Waals surface area (Å²) < 4.78 is 54.0. The molecule has 5 nitrogen and oxygen atoms in total. The number of thioether (sulfide) groups is 1. The van der Waals surface area contributed by atoms with E-state index in [1.54, 1.807) is 48.5 Å². The third kappa shape index (κ3) is 5.20. The van der Waals surface area contributed by atoms with E-state index < -0.39 is 23.7 Å². The number of nitriles is 1. The van der Waals surface area contributed by atoms with Crippen molar-refractivity contribution in [1.82, 2.24) is 9.78 Å². The lowest BCUT2D eigenvalue weighted by Gasteiger charge is -2.14. The second-order valence-corrected chi connectivity index (χ2v) is 8.25. The lowest BCUT2D eigenvalue weighted by molar-refractivity contribution is -0.141. The summed E-state index contributed by atoms with van der Waals surface area (Å²) in [4.78, 5) is 13.5. The van der Waals surface area contributed by atoms with Gasteiger partial charge in [0.05, 0.1) is 17.3 Å². The largest absolute Gasteiger partial charge is 0.435 e. The Balaban J connectivity index is 1.76. The van der Waals surface area contributed by atoms with Crippen molar-refractivity contribution in [1.29, 1.82) is 5.26 Å². The van der Waals surface area contributed by atoms with E-state index in [2.05, 4.69) is 10.4 Å². The van der Waals surface area contributed by atoms with E-state index in [4.69, 9.17) is 5.26 Å². The Labute approximate surface area is 202 Å². The van der Waals surface area contributed by atoms with Crippen LogP contribution in [-0.2, 0) is 6.18 Å². The normalized spacial score (nSPS) is 11.2. The van der Waals surface area contributed by atoms with E-state index in [-0.39, 0.29) is 5.69 Å². The van der Waals surface area contributed by atoms with Crippen LogP contribution in [0.3, 0.4) is 0 Å². The number of nitrogens with one attached hydrogen (secondary N) is 1. The first-order chi connectivity index (χ1) is 16.7. The molecular formula is C25H16F4N4OS. The number of carbonyl (C=O) groups excluding carboxylic acids is 1. The molecule has 10 heteroatoms. The molecule has 0 aliphatic carbocycles. The molecule has 0 saturated heterocycles. The molecule has 0 fully saturated rings. The summed E-state index contributed by atoms with van der Waals surface area (Å²) in [5.41, 5.74) is 1.38. The number of alkyl halides is 3. The third-order valence-corrected chi connectivity index (χ3v) is 5.89. The number of hydrogen-bond acceptors (Lipinski definition) is 4. The van der Waals surface area contributed by atoms with Gasteiger partial charge in [0.1, 0.15) is 5.82 Å². The molecule has 176 valence electrons. The number of anilines is 1. The molecule has 1 aromatic heterocycles. The Bertz CT molecular complexity index is 1440. The summed E-state index contributed by atoms with van der Waals surface area (Å²) in [7, 11) is 0. The molecule has 0 spiro atoms. The maximum absolute atomic E-state index is 14.8. The highest BCUT2D eigenvalue weighted by Gasteiger charge is 2.34. The van der Waals surface area contributed by atoms with Gasteiger partial charge in [0.2, 0.25) is 0 Å². The average molecular weight is 496 g/mol. The minimum absolute atomic E-state index is 0.231. The summed E-state index contributed by atoms with van der Waals surface area (Å²) in [6.07, 6.45) is -1.96. The molecule has 1 N–H and O–H groups in total. The minimum Gasteiger partial charge on any atom is -0.305 e. The Morgan fingerprint density at radius 3 is 2.29 bits per heavy atom. The molecule has 0 aliphatic heterocycles. The zero-order valence-corrected chi connectivity index (χ0v) is 18.9. The highest BCUT2D eigenvalue weighted by Crippen LogP contribution is 2.35. The van der Waals surface area contributed by atoms with Gasteiger partial charge in [0.25, 0.3) is 0 Å². The predicted molar refractivity (Wildman–Crippen MR) is 125 cm³/mol. The fourth-order valence-corrected chi connectivity index (χ4v) is 3.83. The number of amides is 1. The summed E-state index contributed by atoms with van der Waals surface area (Å²) >= 11 is 1.39. The number of halogens is 4. The van der Waals surface area contributed by atoms with Gasteiger partial charge >= 0.3 is 12.2 Å². The summed E-state index contributed by atoms with van der Waals surface area (Å²) in [6, 6.07) is 18.0. The number of benzene rings is 3. The van der Waals surface area contributed by atoms with Gasteiger partial charge in [-0.3, -0.25) is 0 Å². The maximum atomic E-state index is 14.8. The van der Waals surface area contributed by atoms with Gasteiger partial charge in [-0.25, -0.2) is 9.18 Å². The van der Waals surface area contributed by atoms with Crippen LogP contribution in [0.15, 0.2) is 77.8 Å². The summed E-state index contributed by atoms with van der Waals surface area (Å²) in [5, 5.41) is 14.9. The Kier molecular flexibility index (Phi) is 6.62. The lowest BCUT2D eigenvalue weighted by Crippen LogP contribution is -2.21. The van der Waals surface area contributed by atoms with Crippen LogP contribution in [0.1, 0.15) is 11.3 Å². The molecule has 0 bridgehead atoms. The number of nitrogens with zero attached hydrogens (tertiary/aromatic N) is 3. The monoisotopic (exact) mass is 496 g/mol. The van der Waals surface area contributed by atoms with E-state index in [0.29, 0.717) is 38.6 Å². The van der Waals surface area contributed by atoms with Gasteiger partial charge < -0.3 is 5.32 Å². The molecular weight excluding hydrogens is 480 g/mol. The van der Waals surface area contributed by atoms with Crippen LogP contribution < -0.4 is 5.32 Å². The lowest BCUT2D eigenvalue weighted by atomic mass is 9.97. The second-order valence-electron chi connectivity index (χ2n) is 7.37. The van der Waals surface area contributed by atoms with Gasteiger partial charge in [-0.05, 0) is 53.8 Å². The summed E-state index contributed by atoms with van der Waals surface area (Å²) in [6.45, 7) is 0. The molecule has 1 heterocycles.